The van der Waals surface area contributed by atoms with Crippen molar-refractivity contribution < 1.29 is 76.9 Å². The molecular weight excluding hydrogens is 882 g/mol. The molecule has 1 aliphatic rings. The van der Waals surface area contributed by atoms with Gasteiger partial charge in [0.1, 0.15) is 43.2 Å². The second-order valence-corrected chi connectivity index (χ2v) is 19.1. The van der Waals surface area contributed by atoms with Crippen LogP contribution >= 0.6 is 15.6 Å². The number of unbranched alkanes of at least 4 members (excludes halogenated alkanes) is 15. The Hall–Kier alpha value is -2.30. The van der Waals surface area contributed by atoms with Gasteiger partial charge in [0.05, 0.1) is 6.61 Å². The summed E-state index contributed by atoms with van der Waals surface area (Å²) in [5, 5.41) is 41.2. The Morgan fingerprint density at radius 3 is 1.43 bits per heavy atom. The summed E-state index contributed by atoms with van der Waals surface area (Å²) >= 11 is 0. The normalized spacial score (nSPS) is 22.2. The lowest BCUT2D eigenvalue weighted by Crippen LogP contribution is -2.64. The Morgan fingerprint density at radius 1 is 0.508 bits per heavy atom. The third-order valence-corrected chi connectivity index (χ3v) is 12.1. The van der Waals surface area contributed by atoms with Gasteiger partial charge in [-0.2, -0.15) is 0 Å². The van der Waals surface area contributed by atoms with Crippen LogP contribution < -0.4 is 0 Å². The van der Waals surface area contributed by atoms with E-state index < -0.39 is 83.5 Å². The van der Waals surface area contributed by atoms with Crippen molar-refractivity contribution >= 4 is 27.6 Å². The average Bonchev–Trinajstić information content (AvgIpc) is 3.26. The van der Waals surface area contributed by atoms with Gasteiger partial charge in [-0.15, -0.1) is 0 Å². The summed E-state index contributed by atoms with van der Waals surface area (Å²) in [5.74, 6) is -1.24. The van der Waals surface area contributed by atoms with Crippen molar-refractivity contribution in [3.63, 3.8) is 0 Å². The summed E-state index contributed by atoms with van der Waals surface area (Å²) in [4.78, 5) is 54.3. The third kappa shape index (κ3) is 32.2. The zero-order valence-corrected chi connectivity index (χ0v) is 40.7. The first kappa shape index (κ1) is 60.7. The SMILES string of the molecule is CCC=CCC=CCC=CCC=CCC=CCCCCCC(=O)OC[C@H](COP(=O)(O)O[C@H]1C(O)C(O)C(O)[C@@H](OP(=O)(O)O)C1O)OC(=O)CCCCCCCCCCCCCCC. The maximum Gasteiger partial charge on any atom is 0.472 e. The fraction of sp³-hybridized carbons (Fsp3) is 0.745. The van der Waals surface area contributed by atoms with Gasteiger partial charge in [-0.25, -0.2) is 9.13 Å². The molecule has 0 saturated heterocycles. The molecule has 376 valence electrons. The minimum absolute atomic E-state index is 0.0367. The molecule has 1 fully saturated rings. The number of aliphatic hydroxyl groups excluding tert-OH is 4. The van der Waals surface area contributed by atoms with Gasteiger partial charge < -0.3 is 44.6 Å². The van der Waals surface area contributed by atoms with Crippen LogP contribution in [0.15, 0.2) is 60.8 Å². The zero-order valence-electron chi connectivity index (χ0n) is 38.9. The molecule has 8 atom stereocenters. The lowest BCUT2D eigenvalue weighted by Gasteiger charge is -2.43. The predicted octanol–water partition coefficient (Wildman–Crippen LogP) is 9.06. The topological polar surface area (TPSA) is 256 Å². The van der Waals surface area contributed by atoms with Crippen molar-refractivity contribution in [1.29, 1.82) is 0 Å². The molecule has 0 radical (unpaired) electrons. The number of hydrogen-bond donors (Lipinski definition) is 7. The summed E-state index contributed by atoms with van der Waals surface area (Å²) in [6.45, 7) is 2.96. The predicted molar refractivity (Wildman–Crippen MR) is 250 cm³/mol. The van der Waals surface area contributed by atoms with E-state index in [0.717, 1.165) is 77.0 Å². The maximum atomic E-state index is 13.0. The highest BCUT2D eigenvalue weighted by molar-refractivity contribution is 7.47. The molecule has 0 spiro atoms. The van der Waals surface area contributed by atoms with Crippen molar-refractivity contribution in [1.82, 2.24) is 0 Å². The molecule has 0 amide bonds. The van der Waals surface area contributed by atoms with Crippen LogP contribution in [0.1, 0.15) is 168 Å². The van der Waals surface area contributed by atoms with E-state index >= 15 is 0 Å². The summed E-state index contributed by atoms with van der Waals surface area (Å²) in [7, 11) is -10.7. The summed E-state index contributed by atoms with van der Waals surface area (Å²) < 4.78 is 49.3. The van der Waals surface area contributed by atoms with Crippen molar-refractivity contribution in [2.45, 2.75) is 211 Å². The molecule has 18 heteroatoms. The Labute approximate surface area is 388 Å². The molecule has 16 nitrogen and oxygen atoms in total. The summed E-state index contributed by atoms with van der Waals surface area (Å²) in [6, 6.07) is 0. The second kappa shape index (κ2) is 37.7. The van der Waals surface area contributed by atoms with E-state index in [0.29, 0.717) is 12.8 Å². The largest absolute Gasteiger partial charge is 0.472 e. The minimum Gasteiger partial charge on any atom is -0.462 e. The standard InChI is InChI=1S/C47H82O16P2/c1-3-5-7-9-11-13-15-17-18-19-20-21-22-24-25-27-29-31-33-35-40(48)59-37-39(61-41(49)36-34-32-30-28-26-23-16-14-12-10-8-6-4-2)38-60-65(57,58)63-47-44(52)42(50)43(51)46(45(47)53)62-64(54,55)56/h5,7,11,13,17-18,20-21,24-25,39,42-47,50-53H,3-4,6,8-10,12,14-16,19,22-23,26-38H2,1-2H3,(H,57,58)(H2,54,55,56)/t39-,42?,43?,44?,45?,46-,47+/m1/s1. The minimum atomic E-state index is -5.37. The van der Waals surface area contributed by atoms with Gasteiger partial charge in [0.2, 0.25) is 0 Å². The van der Waals surface area contributed by atoms with Crippen LogP contribution in [0.25, 0.3) is 0 Å². The first-order valence-electron chi connectivity index (χ1n) is 23.8. The van der Waals surface area contributed by atoms with Crippen LogP contribution in [0, 0.1) is 0 Å². The van der Waals surface area contributed by atoms with Crippen molar-refractivity contribution in [2.24, 2.45) is 0 Å². The van der Waals surface area contributed by atoms with Gasteiger partial charge in [0.25, 0.3) is 0 Å². The smallest absolute Gasteiger partial charge is 0.462 e. The fourth-order valence-electron chi connectivity index (χ4n) is 6.93. The van der Waals surface area contributed by atoms with E-state index in [1.165, 1.54) is 51.4 Å². The van der Waals surface area contributed by atoms with E-state index in [9.17, 15) is 53.8 Å². The summed E-state index contributed by atoms with van der Waals surface area (Å²) in [5.41, 5.74) is 0. The molecule has 0 bridgehead atoms. The maximum absolute atomic E-state index is 13.0. The number of hydrogen-bond acceptors (Lipinski definition) is 13. The summed E-state index contributed by atoms with van der Waals surface area (Å²) in [6.07, 6.45) is 28.9. The Kier molecular flexibility index (Phi) is 35.2. The lowest BCUT2D eigenvalue weighted by molar-refractivity contribution is -0.216. The number of allylic oxidation sites excluding steroid dienone is 10. The molecular formula is C47H82O16P2. The number of rotatable bonds is 39. The fourth-order valence-corrected chi connectivity index (χ4v) is 8.47. The third-order valence-electron chi connectivity index (χ3n) is 10.6. The van der Waals surface area contributed by atoms with Crippen molar-refractivity contribution in [3.05, 3.63) is 60.8 Å². The Balaban J connectivity index is 2.60. The average molecular weight is 965 g/mol. The Morgan fingerprint density at radius 2 is 0.938 bits per heavy atom. The molecule has 0 aliphatic heterocycles. The van der Waals surface area contributed by atoms with Crippen LogP contribution in [0.4, 0.5) is 0 Å². The van der Waals surface area contributed by atoms with Gasteiger partial charge in [-0.05, 0) is 57.8 Å². The van der Waals surface area contributed by atoms with E-state index in [1.54, 1.807) is 0 Å². The highest BCUT2D eigenvalue weighted by Crippen LogP contribution is 2.49. The number of phosphoric ester groups is 2. The monoisotopic (exact) mass is 965 g/mol. The quantitative estimate of drug-likeness (QED) is 0.0131. The Bertz CT molecular complexity index is 1490. The van der Waals surface area contributed by atoms with Gasteiger partial charge in [0, 0.05) is 12.8 Å². The van der Waals surface area contributed by atoms with Crippen LogP contribution in [0.5, 0.6) is 0 Å². The molecule has 5 unspecified atom stereocenters. The zero-order chi connectivity index (χ0) is 48.2. The molecule has 0 aromatic rings. The molecule has 1 rings (SSSR count). The van der Waals surface area contributed by atoms with Gasteiger partial charge >= 0.3 is 27.6 Å². The first-order chi connectivity index (χ1) is 31.1. The molecule has 65 heavy (non-hydrogen) atoms. The highest BCUT2D eigenvalue weighted by atomic mass is 31.2. The van der Waals surface area contributed by atoms with E-state index in [1.807, 2.05) is 0 Å². The number of ether oxygens (including phenoxy) is 2. The van der Waals surface area contributed by atoms with Gasteiger partial charge in [0.15, 0.2) is 6.10 Å². The number of carbonyl (C=O) groups excluding carboxylic acids is 2. The number of esters is 2. The van der Waals surface area contributed by atoms with Crippen LogP contribution in [-0.4, -0.2) is 103 Å². The lowest BCUT2D eigenvalue weighted by atomic mass is 9.85. The van der Waals surface area contributed by atoms with Crippen LogP contribution in [0.2, 0.25) is 0 Å². The van der Waals surface area contributed by atoms with Gasteiger partial charge in [-0.3, -0.25) is 23.2 Å². The molecule has 1 saturated carbocycles. The van der Waals surface area contributed by atoms with Crippen LogP contribution in [-0.2, 0) is 41.8 Å². The van der Waals surface area contributed by atoms with Gasteiger partial charge in [-0.1, -0.05) is 158 Å². The van der Waals surface area contributed by atoms with Crippen molar-refractivity contribution in [3.8, 4) is 0 Å². The van der Waals surface area contributed by atoms with Crippen molar-refractivity contribution in [2.75, 3.05) is 13.2 Å². The van der Waals surface area contributed by atoms with Crippen LogP contribution in [0.3, 0.4) is 0 Å². The van der Waals surface area contributed by atoms with E-state index in [4.69, 9.17) is 18.5 Å². The molecule has 7 N–H and O–H groups in total. The molecule has 1 aliphatic carbocycles. The number of carbonyl (C=O) groups is 2. The molecule has 0 aromatic heterocycles. The highest BCUT2D eigenvalue weighted by Gasteiger charge is 2.54. The molecule has 0 heterocycles. The molecule has 0 aromatic carbocycles. The second-order valence-electron chi connectivity index (χ2n) is 16.5. The number of phosphoric acid groups is 2. The van der Waals surface area contributed by atoms with E-state index in [-0.39, 0.29) is 12.8 Å². The number of aliphatic hydroxyl groups is 4. The van der Waals surface area contributed by atoms with E-state index in [2.05, 4.69) is 79.1 Å². The first-order valence-corrected chi connectivity index (χ1v) is 26.9.